The van der Waals surface area contributed by atoms with Crippen LogP contribution in [-0.2, 0) is 0 Å². The first-order chi connectivity index (χ1) is 11.7. The van der Waals surface area contributed by atoms with Gasteiger partial charge in [0.1, 0.15) is 5.69 Å². The van der Waals surface area contributed by atoms with Crippen molar-refractivity contribution in [1.29, 1.82) is 0 Å². The Balaban J connectivity index is 0.00000182. The first-order valence-electron chi connectivity index (χ1n) is 8.76. The molecule has 1 saturated heterocycles. The molecule has 1 N–H and O–H groups in total. The molecule has 1 atom stereocenters. The second-order valence-corrected chi connectivity index (χ2v) is 6.89. The van der Waals surface area contributed by atoms with Gasteiger partial charge in [0.2, 0.25) is 0 Å². The maximum Gasteiger partial charge on any atom is 0.272 e. The second-order valence-electron chi connectivity index (χ2n) is 6.89. The molecule has 1 aromatic heterocycles. The van der Waals surface area contributed by atoms with Crippen LogP contribution in [0.5, 0.6) is 0 Å². The number of halogens is 1. The Bertz CT molecular complexity index is 742. The Morgan fingerprint density at radius 1 is 1.12 bits per heavy atom. The molecule has 134 valence electrons. The van der Waals surface area contributed by atoms with Gasteiger partial charge >= 0.3 is 0 Å². The van der Waals surface area contributed by atoms with E-state index in [1.165, 1.54) is 0 Å². The molecule has 1 unspecified atom stereocenters. The van der Waals surface area contributed by atoms with Crippen LogP contribution in [0.15, 0.2) is 36.4 Å². The van der Waals surface area contributed by atoms with Crippen molar-refractivity contribution in [1.82, 2.24) is 14.8 Å². The van der Waals surface area contributed by atoms with Crippen LogP contribution in [0.1, 0.15) is 23.3 Å². The highest BCUT2D eigenvalue weighted by Crippen LogP contribution is 2.32. The number of β-amino-alcohol motifs (C(OH)–C–C–N with tert-alkyl or cyclic N) is 1. The lowest BCUT2D eigenvalue weighted by molar-refractivity contribution is 0.0485. The van der Waals surface area contributed by atoms with E-state index in [1.54, 1.807) is 0 Å². The van der Waals surface area contributed by atoms with Crippen molar-refractivity contribution in [3.8, 4) is 0 Å². The van der Waals surface area contributed by atoms with Crippen molar-refractivity contribution in [2.24, 2.45) is 5.92 Å². The molecule has 1 amide bonds. The molecule has 1 aliphatic carbocycles. The standard InChI is InChI=1S/C19H23N3O2.ClH/c23-18(15-5-6-15)13-21-9-11-22(12-10-21)19(24)17-8-7-14-3-1-2-4-16(14)20-17;/h1-4,7-8,15,18,23H,5-6,9-13H2;1H. The van der Waals surface area contributed by atoms with Crippen LogP contribution in [0.3, 0.4) is 0 Å². The van der Waals surface area contributed by atoms with Crippen LogP contribution in [0.25, 0.3) is 10.9 Å². The monoisotopic (exact) mass is 361 g/mol. The fraction of sp³-hybridized carbons (Fsp3) is 0.474. The number of fused-ring (bicyclic) bond motifs is 1. The molecule has 2 heterocycles. The average Bonchev–Trinajstić information content (AvgIpc) is 3.46. The van der Waals surface area contributed by atoms with E-state index < -0.39 is 0 Å². The number of nitrogens with zero attached hydrogens (tertiary/aromatic N) is 3. The summed E-state index contributed by atoms with van der Waals surface area (Å²) in [5, 5.41) is 11.1. The summed E-state index contributed by atoms with van der Waals surface area (Å²) in [4.78, 5) is 21.3. The van der Waals surface area contributed by atoms with E-state index >= 15 is 0 Å². The van der Waals surface area contributed by atoms with Crippen molar-refractivity contribution in [2.75, 3.05) is 32.7 Å². The van der Waals surface area contributed by atoms with Gasteiger partial charge in [-0.15, -0.1) is 12.4 Å². The summed E-state index contributed by atoms with van der Waals surface area (Å²) in [7, 11) is 0. The normalized spacial score (nSPS) is 19.5. The Labute approximate surface area is 154 Å². The predicted molar refractivity (Wildman–Crippen MR) is 100 cm³/mol. The van der Waals surface area contributed by atoms with Crippen molar-refractivity contribution in [3.05, 3.63) is 42.1 Å². The lowest BCUT2D eigenvalue weighted by atomic mass is 10.1. The van der Waals surface area contributed by atoms with Crippen LogP contribution in [0.2, 0.25) is 0 Å². The van der Waals surface area contributed by atoms with Crippen LogP contribution in [0, 0.1) is 5.92 Å². The number of rotatable bonds is 4. The number of amides is 1. The van der Waals surface area contributed by atoms with Gasteiger partial charge in [0.15, 0.2) is 0 Å². The molecule has 1 saturated carbocycles. The number of aromatic nitrogens is 1. The summed E-state index contributed by atoms with van der Waals surface area (Å²) >= 11 is 0. The zero-order valence-corrected chi connectivity index (χ0v) is 15.0. The number of para-hydroxylation sites is 1. The Morgan fingerprint density at radius 2 is 1.84 bits per heavy atom. The van der Waals surface area contributed by atoms with Crippen LogP contribution in [-0.4, -0.2) is 64.6 Å². The summed E-state index contributed by atoms with van der Waals surface area (Å²) in [6, 6.07) is 11.6. The third-order valence-corrected chi connectivity index (χ3v) is 5.09. The second kappa shape index (κ2) is 7.68. The minimum Gasteiger partial charge on any atom is -0.392 e. The lowest BCUT2D eigenvalue weighted by Crippen LogP contribution is -2.50. The molecular formula is C19H24ClN3O2. The minimum absolute atomic E-state index is 0. The number of benzene rings is 1. The fourth-order valence-electron chi connectivity index (χ4n) is 3.38. The zero-order chi connectivity index (χ0) is 16.5. The molecule has 2 aromatic rings. The van der Waals surface area contributed by atoms with E-state index in [9.17, 15) is 9.90 Å². The molecule has 6 heteroatoms. The van der Waals surface area contributed by atoms with Crippen LogP contribution in [0.4, 0.5) is 0 Å². The molecule has 0 bridgehead atoms. The number of piperazine rings is 1. The number of hydrogen-bond donors (Lipinski definition) is 1. The van der Waals surface area contributed by atoms with Crippen molar-refractivity contribution in [3.63, 3.8) is 0 Å². The first-order valence-corrected chi connectivity index (χ1v) is 8.76. The van der Waals surface area contributed by atoms with Crippen molar-refractivity contribution >= 4 is 29.2 Å². The number of aliphatic hydroxyl groups is 1. The number of carbonyl (C=O) groups is 1. The van der Waals surface area contributed by atoms with Crippen LogP contribution < -0.4 is 0 Å². The molecule has 4 rings (SSSR count). The Kier molecular flexibility index (Phi) is 5.57. The van der Waals surface area contributed by atoms with E-state index in [1.807, 2.05) is 41.3 Å². The molecule has 0 radical (unpaired) electrons. The minimum atomic E-state index is -0.200. The van der Waals surface area contributed by atoms with Gasteiger partial charge in [-0.2, -0.15) is 0 Å². The smallest absolute Gasteiger partial charge is 0.272 e. The highest BCUT2D eigenvalue weighted by atomic mass is 35.5. The topological polar surface area (TPSA) is 56.7 Å². The van der Waals surface area contributed by atoms with Gasteiger partial charge in [-0.1, -0.05) is 24.3 Å². The van der Waals surface area contributed by atoms with E-state index in [0.717, 1.165) is 43.4 Å². The van der Waals surface area contributed by atoms with Crippen LogP contribution >= 0.6 is 12.4 Å². The summed E-state index contributed by atoms with van der Waals surface area (Å²) < 4.78 is 0. The number of carbonyl (C=O) groups excluding carboxylic acids is 1. The van der Waals surface area contributed by atoms with Gasteiger partial charge in [0.25, 0.3) is 5.91 Å². The highest BCUT2D eigenvalue weighted by molar-refractivity contribution is 5.95. The van der Waals surface area contributed by atoms with Gasteiger partial charge in [0.05, 0.1) is 11.6 Å². The molecule has 25 heavy (non-hydrogen) atoms. The average molecular weight is 362 g/mol. The molecule has 2 fully saturated rings. The van der Waals surface area contributed by atoms with Gasteiger partial charge in [-0.05, 0) is 30.9 Å². The molecule has 1 aromatic carbocycles. The summed E-state index contributed by atoms with van der Waals surface area (Å²) in [5.74, 6) is 0.509. The third kappa shape index (κ3) is 4.11. The number of aliphatic hydroxyl groups excluding tert-OH is 1. The van der Waals surface area contributed by atoms with E-state index in [-0.39, 0.29) is 24.4 Å². The Hall–Kier alpha value is -1.69. The predicted octanol–water partition coefficient (Wildman–Crippen LogP) is 2.19. The van der Waals surface area contributed by atoms with Crippen molar-refractivity contribution < 1.29 is 9.90 Å². The lowest BCUT2D eigenvalue weighted by Gasteiger charge is -2.35. The maximum atomic E-state index is 12.7. The molecule has 1 aliphatic heterocycles. The summed E-state index contributed by atoms with van der Waals surface area (Å²) in [6.07, 6.45) is 2.12. The molecule has 0 spiro atoms. The molecule has 5 nitrogen and oxygen atoms in total. The van der Waals surface area contributed by atoms with Gasteiger partial charge in [-0.25, -0.2) is 4.98 Å². The van der Waals surface area contributed by atoms with Gasteiger partial charge < -0.3 is 10.0 Å². The SMILES string of the molecule is Cl.O=C(c1ccc2ccccc2n1)N1CCN(CC(O)C2CC2)CC1. The molecular weight excluding hydrogens is 338 g/mol. The number of hydrogen-bond acceptors (Lipinski definition) is 4. The molecule has 2 aliphatic rings. The quantitative estimate of drug-likeness (QED) is 0.907. The van der Waals surface area contributed by atoms with E-state index in [4.69, 9.17) is 0 Å². The van der Waals surface area contributed by atoms with Gasteiger partial charge in [0, 0.05) is 38.1 Å². The third-order valence-electron chi connectivity index (χ3n) is 5.09. The largest absolute Gasteiger partial charge is 0.392 e. The summed E-state index contributed by atoms with van der Waals surface area (Å²) in [5.41, 5.74) is 1.37. The summed E-state index contributed by atoms with van der Waals surface area (Å²) in [6.45, 7) is 3.78. The van der Waals surface area contributed by atoms with Crippen molar-refractivity contribution in [2.45, 2.75) is 18.9 Å². The van der Waals surface area contributed by atoms with E-state index in [0.29, 0.717) is 24.7 Å². The fourth-order valence-corrected chi connectivity index (χ4v) is 3.38. The highest BCUT2D eigenvalue weighted by Gasteiger charge is 2.32. The van der Waals surface area contributed by atoms with E-state index in [2.05, 4.69) is 9.88 Å². The maximum absolute atomic E-state index is 12.7. The Morgan fingerprint density at radius 3 is 2.56 bits per heavy atom. The number of pyridine rings is 1. The van der Waals surface area contributed by atoms with Gasteiger partial charge in [-0.3, -0.25) is 9.69 Å². The zero-order valence-electron chi connectivity index (χ0n) is 14.2. The first kappa shape index (κ1) is 18.1.